The zero-order valence-electron chi connectivity index (χ0n) is 10.9. The molecule has 0 aromatic carbocycles. The van der Waals surface area contributed by atoms with Crippen molar-refractivity contribution >= 4 is 0 Å². The first-order valence-electron chi connectivity index (χ1n) is 6.67. The van der Waals surface area contributed by atoms with Gasteiger partial charge in [-0.1, -0.05) is 25.7 Å². The Morgan fingerprint density at radius 1 is 1.28 bits per heavy atom. The van der Waals surface area contributed by atoms with E-state index in [0.717, 1.165) is 5.69 Å². The van der Waals surface area contributed by atoms with Crippen LogP contribution in [0.25, 0.3) is 0 Å². The molecular formula is C13H22N4O. The molecule has 1 aliphatic carbocycles. The summed E-state index contributed by atoms with van der Waals surface area (Å²) in [4.78, 5) is 8.37. The monoisotopic (exact) mass is 250 g/mol. The highest BCUT2D eigenvalue weighted by Gasteiger charge is 2.24. The molecule has 2 rings (SSSR count). The fourth-order valence-corrected chi connectivity index (χ4v) is 2.74. The first kappa shape index (κ1) is 13.2. The molecular weight excluding hydrogens is 228 g/mol. The number of methoxy groups -OCH3 is 1. The zero-order valence-corrected chi connectivity index (χ0v) is 10.9. The van der Waals surface area contributed by atoms with Crippen LogP contribution in [0.4, 0.5) is 0 Å². The van der Waals surface area contributed by atoms with Gasteiger partial charge in [-0.05, 0) is 18.8 Å². The number of hydrogen-bond donors (Lipinski definition) is 2. The van der Waals surface area contributed by atoms with Crippen LogP contribution in [0.5, 0.6) is 5.88 Å². The van der Waals surface area contributed by atoms with E-state index in [1.165, 1.54) is 44.9 Å². The van der Waals surface area contributed by atoms with Gasteiger partial charge in [-0.25, -0.2) is 9.97 Å². The van der Waals surface area contributed by atoms with Crippen LogP contribution in [0.3, 0.4) is 0 Å². The van der Waals surface area contributed by atoms with Crippen LogP contribution in [0, 0.1) is 5.92 Å². The molecule has 1 saturated carbocycles. The molecule has 100 valence electrons. The minimum atomic E-state index is 0.0972. The van der Waals surface area contributed by atoms with E-state index in [9.17, 15) is 0 Å². The molecule has 0 amide bonds. The lowest BCUT2D eigenvalue weighted by molar-refractivity contribution is 0.320. The lowest BCUT2D eigenvalue weighted by Crippen LogP contribution is -2.34. The van der Waals surface area contributed by atoms with E-state index < -0.39 is 0 Å². The fourth-order valence-electron chi connectivity index (χ4n) is 2.74. The van der Waals surface area contributed by atoms with Crippen LogP contribution in [0.2, 0.25) is 0 Å². The van der Waals surface area contributed by atoms with E-state index in [1.807, 2.05) is 6.07 Å². The standard InChI is InChI=1S/C13H22N4O/c1-18-12-8-11(15-9-16-12)13(17-14)10-6-4-2-3-5-7-10/h8-10,13,17H,2-7,14H2,1H3. The average molecular weight is 250 g/mol. The largest absolute Gasteiger partial charge is 0.481 e. The molecule has 0 bridgehead atoms. The van der Waals surface area contributed by atoms with Crippen molar-refractivity contribution in [2.75, 3.05) is 7.11 Å². The summed E-state index contributed by atoms with van der Waals surface area (Å²) in [7, 11) is 1.61. The summed E-state index contributed by atoms with van der Waals surface area (Å²) in [5.74, 6) is 6.87. The molecule has 1 aromatic rings. The summed E-state index contributed by atoms with van der Waals surface area (Å²) in [6.07, 6.45) is 9.19. The highest BCUT2D eigenvalue weighted by atomic mass is 16.5. The lowest BCUT2D eigenvalue weighted by atomic mass is 9.90. The Hall–Kier alpha value is -1.20. The van der Waals surface area contributed by atoms with Crippen molar-refractivity contribution in [1.82, 2.24) is 15.4 Å². The van der Waals surface area contributed by atoms with Crippen LogP contribution in [-0.4, -0.2) is 17.1 Å². The van der Waals surface area contributed by atoms with E-state index in [-0.39, 0.29) is 6.04 Å². The minimum Gasteiger partial charge on any atom is -0.481 e. The maximum Gasteiger partial charge on any atom is 0.216 e. The third kappa shape index (κ3) is 3.17. The minimum absolute atomic E-state index is 0.0972. The third-order valence-electron chi connectivity index (χ3n) is 3.74. The van der Waals surface area contributed by atoms with Gasteiger partial charge in [0.2, 0.25) is 5.88 Å². The van der Waals surface area contributed by atoms with Crippen molar-refractivity contribution in [3.63, 3.8) is 0 Å². The molecule has 1 atom stereocenters. The molecule has 5 heteroatoms. The van der Waals surface area contributed by atoms with Crippen LogP contribution in [0.15, 0.2) is 12.4 Å². The fraction of sp³-hybridized carbons (Fsp3) is 0.692. The van der Waals surface area contributed by atoms with Crippen LogP contribution < -0.4 is 16.0 Å². The molecule has 1 aliphatic rings. The molecule has 0 saturated heterocycles. The van der Waals surface area contributed by atoms with Gasteiger partial charge in [-0.2, -0.15) is 0 Å². The number of rotatable bonds is 4. The van der Waals surface area contributed by atoms with E-state index in [2.05, 4.69) is 15.4 Å². The lowest BCUT2D eigenvalue weighted by Gasteiger charge is -2.25. The number of aromatic nitrogens is 2. The highest BCUT2D eigenvalue weighted by molar-refractivity contribution is 5.17. The van der Waals surface area contributed by atoms with Gasteiger partial charge in [0.25, 0.3) is 0 Å². The van der Waals surface area contributed by atoms with Crippen LogP contribution in [0.1, 0.15) is 50.3 Å². The molecule has 1 heterocycles. The molecule has 5 nitrogen and oxygen atoms in total. The van der Waals surface area contributed by atoms with Crippen molar-refractivity contribution < 1.29 is 4.74 Å². The third-order valence-corrected chi connectivity index (χ3v) is 3.74. The normalized spacial score (nSPS) is 19.2. The smallest absolute Gasteiger partial charge is 0.216 e. The molecule has 0 aliphatic heterocycles. The van der Waals surface area contributed by atoms with Crippen molar-refractivity contribution in [2.45, 2.75) is 44.6 Å². The second-order valence-electron chi connectivity index (χ2n) is 4.88. The van der Waals surface area contributed by atoms with Crippen molar-refractivity contribution in [3.8, 4) is 5.88 Å². The number of nitrogens with one attached hydrogen (secondary N) is 1. The zero-order chi connectivity index (χ0) is 12.8. The Kier molecular flexibility index (Phi) is 4.90. The highest BCUT2D eigenvalue weighted by Crippen LogP contribution is 2.32. The molecule has 18 heavy (non-hydrogen) atoms. The van der Waals surface area contributed by atoms with Gasteiger partial charge >= 0.3 is 0 Å². The number of ether oxygens (including phenoxy) is 1. The van der Waals surface area contributed by atoms with Gasteiger partial charge in [-0.15, -0.1) is 0 Å². The van der Waals surface area contributed by atoms with Crippen molar-refractivity contribution in [3.05, 3.63) is 18.1 Å². The molecule has 3 N–H and O–H groups in total. The van der Waals surface area contributed by atoms with Gasteiger partial charge < -0.3 is 4.74 Å². The number of hydrogen-bond acceptors (Lipinski definition) is 5. The van der Waals surface area contributed by atoms with Crippen molar-refractivity contribution in [1.29, 1.82) is 0 Å². The average Bonchev–Trinajstić information content (AvgIpc) is 2.69. The summed E-state index contributed by atoms with van der Waals surface area (Å²) < 4.78 is 5.14. The Labute approximate surface area is 108 Å². The van der Waals surface area contributed by atoms with Gasteiger partial charge in [0.05, 0.1) is 18.8 Å². The molecule has 1 aromatic heterocycles. The van der Waals surface area contributed by atoms with E-state index >= 15 is 0 Å². The van der Waals surface area contributed by atoms with Gasteiger partial charge in [0.1, 0.15) is 6.33 Å². The van der Waals surface area contributed by atoms with E-state index in [0.29, 0.717) is 11.8 Å². The van der Waals surface area contributed by atoms with Gasteiger partial charge in [0, 0.05) is 6.07 Å². The quantitative estimate of drug-likeness (QED) is 0.485. The molecule has 1 unspecified atom stereocenters. The maximum absolute atomic E-state index is 5.73. The Morgan fingerprint density at radius 2 is 2.00 bits per heavy atom. The summed E-state index contributed by atoms with van der Waals surface area (Å²) in [5, 5.41) is 0. The number of nitrogens with two attached hydrogens (primary N) is 1. The van der Waals surface area contributed by atoms with Crippen LogP contribution in [-0.2, 0) is 0 Å². The maximum atomic E-state index is 5.73. The summed E-state index contributed by atoms with van der Waals surface area (Å²) in [6.45, 7) is 0. The second kappa shape index (κ2) is 6.66. The Morgan fingerprint density at radius 3 is 2.61 bits per heavy atom. The second-order valence-corrected chi connectivity index (χ2v) is 4.88. The van der Waals surface area contributed by atoms with Gasteiger partial charge in [0.15, 0.2) is 0 Å². The summed E-state index contributed by atoms with van der Waals surface area (Å²) in [6, 6.07) is 1.97. The van der Waals surface area contributed by atoms with Gasteiger partial charge in [-0.3, -0.25) is 11.3 Å². The summed E-state index contributed by atoms with van der Waals surface area (Å²) >= 11 is 0. The SMILES string of the molecule is COc1cc(C(NN)C2CCCCCC2)ncn1. The Balaban J connectivity index is 2.15. The van der Waals surface area contributed by atoms with E-state index in [1.54, 1.807) is 7.11 Å². The first-order chi connectivity index (χ1) is 8.85. The van der Waals surface area contributed by atoms with Crippen LogP contribution >= 0.6 is 0 Å². The Bertz CT molecular complexity index is 364. The number of nitrogens with zero attached hydrogens (tertiary/aromatic N) is 2. The number of hydrazine groups is 1. The molecule has 0 radical (unpaired) electrons. The van der Waals surface area contributed by atoms with E-state index in [4.69, 9.17) is 10.6 Å². The van der Waals surface area contributed by atoms with Crippen molar-refractivity contribution in [2.24, 2.45) is 11.8 Å². The first-order valence-corrected chi connectivity index (χ1v) is 6.67. The molecule has 0 spiro atoms. The topological polar surface area (TPSA) is 73.1 Å². The summed E-state index contributed by atoms with van der Waals surface area (Å²) in [5.41, 5.74) is 3.85. The molecule has 1 fully saturated rings. The predicted octanol–water partition coefficient (Wildman–Crippen LogP) is 1.96. The predicted molar refractivity (Wildman–Crippen MR) is 69.8 cm³/mol.